The number of rotatable bonds is 4. The van der Waals surface area contributed by atoms with Gasteiger partial charge in [0.05, 0.1) is 28.4 Å². The van der Waals surface area contributed by atoms with Gasteiger partial charge in [0.25, 0.3) is 0 Å². The Labute approximate surface area is 151 Å². The topological polar surface area (TPSA) is 99.6 Å². The Bertz CT molecular complexity index is 1080. The third-order valence-electron chi connectivity index (χ3n) is 3.74. The van der Waals surface area contributed by atoms with E-state index in [4.69, 9.17) is 11.6 Å². The fraction of sp³-hybridized carbons (Fsp3) is 0.0588. The average molecular weight is 371 g/mol. The molecule has 7 nitrogen and oxygen atoms in total. The van der Waals surface area contributed by atoms with Gasteiger partial charge < -0.3 is 15.4 Å². The molecule has 0 fully saturated rings. The van der Waals surface area contributed by atoms with Crippen molar-refractivity contribution >= 4 is 34.3 Å². The van der Waals surface area contributed by atoms with Crippen molar-refractivity contribution in [2.45, 2.75) is 6.61 Å². The first-order valence-electron chi connectivity index (χ1n) is 7.63. The molecule has 0 unspecified atom stereocenters. The van der Waals surface area contributed by atoms with E-state index in [1.165, 1.54) is 18.5 Å². The Kier molecular flexibility index (Phi) is 4.19. The van der Waals surface area contributed by atoms with E-state index in [1.807, 2.05) is 0 Å². The van der Waals surface area contributed by atoms with Crippen LogP contribution < -0.4 is 5.32 Å². The van der Waals surface area contributed by atoms with Gasteiger partial charge in [0.1, 0.15) is 29.3 Å². The number of aromatic nitrogens is 5. The lowest BCUT2D eigenvalue weighted by Gasteiger charge is -2.06. The zero-order chi connectivity index (χ0) is 18.1. The predicted octanol–water partition coefficient (Wildman–Crippen LogP) is 3.44. The van der Waals surface area contributed by atoms with E-state index in [1.54, 1.807) is 24.4 Å². The second-order valence-corrected chi connectivity index (χ2v) is 5.82. The molecule has 26 heavy (non-hydrogen) atoms. The highest BCUT2D eigenvalue weighted by atomic mass is 35.5. The van der Waals surface area contributed by atoms with Crippen LogP contribution in [0.4, 0.5) is 16.0 Å². The van der Waals surface area contributed by atoms with Crippen molar-refractivity contribution in [2.24, 2.45) is 0 Å². The molecular weight excluding hydrogens is 359 g/mol. The highest BCUT2D eigenvalue weighted by Gasteiger charge is 2.16. The number of imidazole rings is 1. The van der Waals surface area contributed by atoms with Crippen LogP contribution in [0.15, 0.2) is 42.9 Å². The van der Waals surface area contributed by atoms with E-state index >= 15 is 0 Å². The first kappa shape index (κ1) is 16.4. The van der Waals surface area contributed by atoms with Gasteiger partial charge in [-0.05, 0) is 18.2 Å². The van der Waals surface area contributed by atoms with Crippen molar-refractivity contribution in [2.75, 3.05) is 5.32 Å². The highest BCUT2D eigenvalue weighted by Crippen LogP contribution is 2.31. The van der Waals surface area contributed by atoms with Gasteiger partial charge in [-0.2, -0.15) is 0 Å². The fourth-order valence-electron chi connectivity index (χ4n) is 2.55. The molecule has 0 aliphatic carbocycles. The molecule has 0 amide bonds. The molecule has 4 aromatic rings. The maximum Gasteiger partial charge on any atom is 0.157 e. The minimum absolute atomic E-state index is 0.195. The summed E-state index contributed by atoms with van der Waals surface area (Å²) in [5, 5.41) is 12.5. The maximum absolute atomic E-state index is 14.2. The van der Waals surface area contributed by atoms with Crippen LogP contribution in [0.5, 0.6) is 0 Å². The summed E-state index contributed by atoms with van der Waals surface area (Å²) < 4.78 is 14.2. The number of nitrogens with zero attached hydrogens (tertiary/aromatic N) is 4. The first-order valence-corrected chi connectivity index (χ1v) is 8.01. The molecule has 0 radical (unpaired) electrons. The van der Waals surface area contributed by atoms with Gasteiger partial charge in [-0.1, -0.05) is 17.7 Å². The maximum atomic E-state index is 14.2. The van der Waals surface area contributed by atoms with Gasteiger partial charge >= 0.3 is 0 Å². The number of pyridine rings is 1. The van der Waals surface area contributed by atoms with E-state index < -0.39 is 5.82 Å². The standard InChI is InChI=1S/C17H12ClFN6O/c18-10-2-1-3-11(19)14(10)16-23-12-4-5-20-17(15(12)25-16)24-13-6-9(7-26)21-8-22-13/h1-6,8,26H,7H2,(H,23,25)(H,20,21,22,24). The highest BCUT2D eigenvalue weighted by molar-refractivity contribution is 6.33. The second kappa shape index (κ2) is 6.66. The molecule has 4 rings (SSSR count). The van der Waals surface area contributed by atoms with E-state index in [2.05, 4.69) is 30.2 Å². The van der Waals surface area contributed by atoms with Crippen molar-refractivity contribution in [1.29, 1.82) is 0 Å². The smallest absolute Gasteiger partial charge is 0.157 e. The molecule has 0 spiro atoms. The summed E-state index contributed by atoms with van der Waals surface area (Å²) in [7, 11) is 0. The Balaban J connectivity index is 1.79. The third-order valence-corrected chi connectivity index (χ3v) is 4.05. The third kappa shape index (κ3) is 2.96. The van der Waals surface area contributed by atoms with Crippen LogP contribution >= 0.6 is 11.6 Å². The Morgan fingerprint density at radius 3 is 2.88 bits per heavy atom. The SMILES string of the molecule is OCc1cc(Nc2nccc3nc(-c4c(F)cccc4Cl)[nH]c23)ncn1. The van der Waals surface area contributed by atoms with Crippen LogP contribution in [-0.4, -0.2) is 30.0 Å². The summed E-state index contributed by atoms with van der Waals surface area (Å²) in [6.07, 6.45) is 2.91. The molecule has 0 aliphatic rings. The van der Waals surface area contributed by atoms with Crippen LogP contribution in [0.2, 0.25) is 5.02 Å². The minimum atomic E-state index is -0.470. The number of aliphatic hydroxyl groups is 1. The number of H-pyrrole nitrogens is 1. The molecule has 9 heteroatoms. The number of aromatic amines is 1. The monoisotopic (exact) mass is 370 g/mol. The van der Waals surface area contributed by atoms with Crippen molar-refractivity contribution in [1.82, 2.24) is 24.9 Å². The number of halogens is 2. The molecule has 0 saturated heterocycles. The van der Waals surface area contributed by atoms with Crippen LogP contribution in [0, 0.1) is 5.82 Å². The van der Waals surface area contributed by atoms with E-state index in [0.717, 1.165) is 0 Å². The van der Waals surface area contributed by atoms with E-state index in [9.17, 15) is 9.50 Å². The normalized spacial score (nSPS) is 11.0. The Morgan fingerprint density at radius 2 is 2.08 bits per heavy atom. The van der Waals surface area contributed by atoms with Crippen LogP contribution in [0.3, 0.4) is 0 Å². The summed E-state index contributed by atoms with van der Waals surface area (Å²) in [4.78, 5) is 19.8. The fourth-order valence-corrected chi connectivity index (χ4v) is 2.80. The summed E-state index contributed by atoms with van der Waals surface area (Å²) >= 11 is 6.12. The molecule has 3 N–H and O–H groups in total. The molecule has 0 saturated carbocycles. The Hall–Kier alpha value is -3.10. The summed E-state index contributed by atoms with van der Waals surface area (Å²) in [6.45, 7) is -0.200. The molecule has 3 aromatic heterocycles. The predicted molar refractivity (Wildman–Crippen MR) is 95.5 cm³/mol. The van der Waals surface area contributed by atoms with Gasteiger partial charge in [0, 0.05) is 12.3 Å². The number of hydrogen-bond donors (Lipinski definition) is 3. The number of hydrogen-bond acceptors (Lipinski definition) is 6. The quantitative estimate of drug-likeness (QED) is 0.509. The van der Waals surface area contributed by atoms with Crippen molar-refractivity contribution < 1.29 is 9.50 Å². The molecular formula is C17H12ClFN6O. The summed E-state index contributed by atoms with van der Waals surface area (Å²) in [6, 6.07) is 7.76. The van der Waals surface area contributed by atoms with Gasteiger partial charge in [0.2, 0.25) is 0 Å². The van der Waals surface area contributed by atoms with Crippen molar-refractivity contribution in [3.8, 4) is 11.4 Å². The van der Waals surface area contributed by atoms with Gasteiger partial charge in [0.15, 0.2) is 5.82 Å². The van der Waals surface area contributed by atoms with Crippen LogP contribution in [0.1, 0.15) is 5.69 Å². The van der Waals surface area contributed by atoms with Crippen LogP contribution in [-0.2, 0) is 6.61 Å². The molecule has 1 aromatic carbocycles. The second-order valence-electron chi connectivity index (χ2n) is 5.41. The zero-order valence-electron chi connectivity index (χ0n) is 13.2. The molecule has 0 bridgehead atoms. The Morgan fingerprint density at radius 1 is 1.19 bits per heavy atom. The van der Waals surface area contributed by atoms with Gasteiger partial charge in [-0.25, -0.2) is 24.3 Å². The number of nitrogens with one attached hydrogen (secondary N) is 2. The molecule has 0 aliphatic heterocycles. The number of benzene rings is 1. The summed E-state index contributed by atoms with van der Waals surface area (Å²) in [5.41, 5.74) is 1.83. The van der Waals surface area contributed by atoms with Gasteiger partial charge in [-0.3, -0.25) is 0 Å². The van der Waals surface area contributed by atoms with E-state index in [-0.39, 0.29) is 17.2 Å². The van der Waals surface area contributed by atoms with E-state index in [0.29, 0.717) is 34.2 Å². The van der Waals surface area contributed by atoms with Gasteiger partial charge in [-0.15, -0.1) is 0 Å². The number of fused-ring (bicyclic) bond motifs is 1. The first-order chi connectivity index (χ1) is 12.7. The van der Waals surface area contributed by atoms with Crippen molar-refractivity contribution in [3.63, 3.8) is 0 Å². The zero-order valence-corrected chi connectivity index (χ0v) is 14.0. The largest absolute Gasteiger partial charge is 0.390 e. The number of aliphatic hydroxyl groups excluding tert-OH is 1. The molecule has 130 valence electrons. The van der Waals surface area contributed by atoms with Crippen LogP contribution in [0.25, 0.3) is 22.4 Å². The lowest BCUT2D eigenvalue weighted by molar-refractivity contribution is 0.276. The summed E-state index contributed by atoms with van der Waals surface area (Å²) in [5.74, 6) is 0.751. The number of anilines is 2. The lowest BCUT2D eigenvalue weighted by Crippen LogP contribution is -1.99. The molecule has 3 heterocycles. The lowest BCUT2D eigenvalue weighted by atomic mass is 10.2. The average Bonchev–Trinajstić information content (AvgIpc) is 3.06. The minimum Gasteiger partial charge on any atom is -0.390 e. The van der Waals surface area contributed by atoms with Crippen molar-refractivity contribution in [3.05, 3.63) is 59.4 Å². The molecule has 0 atom stereocenters.